The number of carbonyl (C=O) groups excluding carboxylic acids is 1. The molecule has 0 radical (unpaired) electrons. The van der Waals surface area contributed by atoms with Gasteiger partial charge in [0.15, 0.2) is 6.61 Å². The van der Waals surface area contributed by atoms with Crippen molar-refractivity contribution >= 4 is 21.6 Å². The fourth-order valence-electron chi connectivity index (χ4n) is 3.57. The Balaban J connectivity index is 1.70. The second kappa shape index (κ2) is 10.1. The van der Waals surface area contributed by atoms with Crippen LogP contribution in [0.25, 0.3) is 0 Å². The molecule has 0 aliphatic carbocycles. The average Bonchev–Trinajstić information content (AvgIpc) is 2.77. The monoisotopic (exact) mass is 524 g/mol. The molecule has 0 bridgehead atoms. The van der Waals surface area contributed by atoms with Gasteiger partial charge in [-0.1, -0.05) is 6.42 Å². The minimum Gasteiger partial charge on any atom is -0.483 e. The van der Waals surface area contributed by atoms with E-state index in [2.05, 4.69) is 0 Å². The summed E-state index contributed by atoms with van der Waals surface area (Å²) in [5.74, 6) is -0.861. The van der Waals surface area contributed by atoms with E-state index in [0.29, 0.717) is 30.8 Å². The van der Waals surface area contributed by atoms with E-state index in [0.717, 1.165) is 19.3 Å². The maximum Gasteiger partial charge on any atom is 0.416 e. The Labute approximate surface area is 197 Å². The second-order valence-corrected chi connectivity index (χ2v) is 9.96. The highest BCUT2D eigenvalue weighted by atomic mass is 32.2. The van der Waals surface area contributed by atoms with Crippen LogP contribution in [0.2, 0.25) is 0 Å². The molecule has 1 aliphatic rings. The summed E-state index contributed by atoms with van der Waals surface area (Å²) >= 11 is 0. The molecule has 1 aliphatic heterocycles. The topological polar surface area (TPSA) is 75.7 Å². The maximum atomic E-state index is 13.0. The van der Waals surface area contributed by atoms with Crippen molar-refractivity contribution in [1.82, 2.24) is 4.31 Å². The largest absolute Gasteiger partial charge is 0.483 e. The number of amides is 1. The lowest BCUT2D eigenvalue weighted by Crippen LogP contribution is -2.35. The Bertz CT molecular complexity index is 1160. The molecule has 0 atom stereocenters. The minimum absolute atomic E-state index is 0.0466. The summed E-state index contributed by atoms with van der Waals surface area (Å²) in [4.78, 5) is 12.2. The van der Waals surface area contributed by atoms with E-state index in [1.165, 1.54) is 22.5 Å². The molecule has 13 heteroatoms. The van der Waals surface area contributed by atoms with Crippen LogP contribution in [0.3, 0.4) is 0 Å². The summed E-state index contributed by atoms with van der Waals surface area (Å²) in [7, 11) is -3.69. The standard InChI is InChI=1S/C22H22F6N2O4S/c1-14-9-18(35(32,33)30-7-3-2-4-8-30)5-6-19(14)34-13-20(31)29-17-11-15(21(23,24)25)10-16(12-17)22(26,27)28/h5-6,9-12H,2-4,7-8,13H2,1H3,(H,29,31). The van der Waals surface area contributed by atoms with Crippen LogP contribution in [0.5, 0.6) is 5.75 Å². The van der Waals surface area contributed by atoms with Gasteiger partial charge in [-0.05, 0) is 61.7 Å². The van der Waals surface area contributed by atoms with Crippen molar-refractivity contribution in [2.45, 2.75) is 43.4 Å². The molecular weight excluding hydrogens is 502 g/mol. The van der Waals surface area contributed by atoms with E-state index >= 15 is 0 Å². The Morgan fingerprint density at radius 2 is 1.51 bits per heavy atom. The van der Waals surface area contributed by atoms with Gasteiger partial charge in [-0.2, -0.15) is 30.6 Å². The van der Waals surface area contributed by atoms with Gasteiger partial charge in [0.2, 0.25) is 10.0 Å². The SMILES string of the molecule is Cc1cc(S(=O)(=O)N2CCCCC2)ccc1OCC(=O)Nc1cc(C(F)(F)F)cc(C(F)(F)F)c1. The highest BCUT2D eigenvalue weighted by molar-refractivity contribution is 7.89. The fourth-order valence-corrected chi connectivity index (χ4v) is 5.17. The van der Waals surface area contributed by atoms with Crippen molar-refractivity contribution in [3.63, 3.8) is 0 Å². The van der Waals surface area contributed by atoms with Gasteiger partial charge in [-0.3, -0.25) is 4.79 Å². The van der Waals surface area contributed by atoms with Crippen molar-refractivity contribution in [3.05, 3.63) is 53.1 Å². The van der Waals surface area contributed by atoms with Crippen molar-refractivity contribution in [2.24, 2.45) is 0 Å². The van der Waals surface area contributed by atoms with Crippen LogP contribution in [0.15, 0.2) is 41.3 Å². The molecule has 0 unspecified atom stereocenters. The van der Waals surface area contributed by atoms with E-state index < -0.39 is 51.7 Å². The molecule has 0 saturated carbocycles. The third-order valence-electron chi connectivity index (χ3n) is 5.33. The van der Waals surface area contributed by atoms with E-state index in [9.17, 15) is 39.6 Å². The molecule has 1 amide bonds. The summed E-state index contributed by atoms with van der Waals surface area (Å²) in [6.07, 6.45) is -7.61. The zero-order chi connectivity index (χ0) is 26.0. The van der Waals surface area contributed by atoms with Gasteiger partial charge < -0.3 is 10.1 Å². The molecule has 0 aromatic heterocycles. The number of piperidine rings is 1. The van der Waals surface area contributed by atoms with Gasteiger partial charge in [0, 0.05) is 18.8 Å². The predicted molar refractivity (Wildman–Crippen MR) is 114 cm³/mol. The molecule has 192 valence electrons. The van der Waals surface area contributed by atoms with E-state index in [4.69, 9.17) is 4.74 Å². The Hall–Kier alpha value is -2.80. The number of nitrogens with one attached hydrogen (secondary N) is 1. The summed E-state index contributed by atoms with van der Waals surface area (Å²) < 4.78 is 110. The van der Waals surface area contributed by atoms with Gasteiger partial charge >= 0.3 is 12.4 Å². The molecule has 1 saturated heterocycles. The first-order valence-corrected chi connectivity index (χ1v) is 11.9. The molecular formula is C22H22F6N2O4S. The van der Waals surface area contributed by atoms with Crippen LogP contribution in [-0.4, -0.2) is 38.3 Å². The number of alkyl halides is 6. The van der Waals surface area contributed by atoms with Crippen molar-refractivity contribution < 1.29 is 44.3 Å². The van der Waals surface area contributed by atoms with E-state index in [1.54, 1.807) is 6.92 Å². The van der Waals surface area contributed by atoms with Gasteiger partial charge in [0.25, 0.3) is 5.91 Å². The molecule has 35 heavy (non-hydrogen) atoms. The number of hydrogen-bond donors (Lipinski definition) is 1. The molecule has 2 aromatic rings. The molecule has 2 aromatic carbocycles. The number of nitrogens with zero attached hydrogens (tertiary/aromatic N) is 1. The first kappa shape index (κ1) is 26.8. The molecule has 1 fully saturated rings. The fraction of sp³-hybridized carbons (Fsp3) is 0.409. The summed E-state index contributed by atoms with van der Waals surface area (Å²) in [5.41, 5.74) is -3.44. The summed E-state index contributed by atoms with van der Waals surface area (Å²) in [6, 6.07) is 4.75. The van der Waals surface area contributed by atoms with Crippen LogP contribution in [0.4, 0.5) is 32.0 Å². The Kier molecular flexibility index (Phi) is 7.70. The van der Waals surface area contributed by atoms with Crippen LogP contribution in [0, 0.1) is 6.92 Å². The molecule has 6 nitrogen and oxygen atoms in total. The van der Waals surface area contributed by atoms with Gasteiger partial charge in [-0.15, -0.1) is 0 Å². The van der Waals surface area contributed by atoms with E-state index in [1.807, 2.05) is 5.32 Å². The lowest BCUT2D eigenvalue weighted by Gasteiger charge is -2.26. The minimum atomic E-state index is -5.05. The van der Waals surface area contributed by atoms with Crippen molar-refractivity contribution in [3.8, 4) is 5.75 Å². The Morgan fingerprint density at radius 3 is 2.03 bits per heavy atom. The number of rotatable bonds is 6. The number of benzene rings is 2. The van der Waals surface area contributed by atoms with Crippen molar-refractivity contribution in [1.29, 1.82) is 0 Å². The zero-order valence-corrected chi connectivity index (χ0v) is 19.3. The Morgan fingerprint density at radius 1 is 0.943 bits per heavy atom. The summed E-state index contributed by atoms with van der Waals surface area (Å²) in [5, 5.41) is 1.97. The normalized spacial score (nSPS) is 15.6. The highest BCUT2D eigenvalue weighted by Crippen LogP contribution is 2.37. The lowest BCUT2D eigenvalue weighted by atomic mass is 10.1. The predicted octanol–water partition coefficient (Wildman–Crippen LogP) is 5.22. The molecule has 0 spiro atoms. The first-order chi connectivity index (χ1) is 16.2. The molecule has 3 rings (SSSR count). The number of sulfonamides is 1. The first-order valence-electron chi connectivity index (χ1n) is 10.5. The lowest BCUT2D eigenvalue weighted by molar-refractivity contribution is -0.143. The molecule has 1 heterocycles. The summed E-state index contributed by atoms with van der Waals surface area (Å²) in [6.45, 7) is 1.67. The smallest absolute Gasteiger partial charge is 0.416 e. The number of aryl methyl sites for hydroxylation is 1. The van der Waals surface area contributed by atoms with Crippen molar-refractivity contribution in [2.75, 3.05) is 25.0 Å². The number of hydrogen-bond acceptors (Lipinski definition) is 4. The quantitative estimate of drug-likeness (QED) is 0.526. The van der Waals surface area contributed by atoms with Crippen LogP contribution in [-0.2, 0) is 27.2 Å². The second-order valence-electron chi connectivity index (χ2n) is 8.02. The van der Waals surface area contributed by atoms with Gasteiger partial charge in [-0.25, -0.2) is 8.42 Å². The maximum absolute atomic E-state index is 13.0. The molecule has 1 N–H and O–H groups in total. The number of halogens is 6. The van der Waals surface area contributed by atoms with Crippen LogP contribution >= 0.6 is 0 Å². The highest BCUT2D eigenvalue weighted by Gasteiger charge is 2.37. The van der Waals surface area contributed by atoms with E-state index in [-0.39, 0.29) is 16.7 Å². The number of anilines is 1. The van der Waals surface area contributed by atoms with Gasteiger partial charge in [0.05, 0.1) is 16.0 Å². The zero-order valence-electron chi connectivity index (χ0n) is 18.5. The number of carbonyl (C=O) groups is 1. The third kappa shape index (κ3) is 6.66. The van der Waals surface area contributed by atoms with Crippen LogP contribution in [0.1, 0.15) is 36.0 Å². The van der Waals surface area contributed by atoms with Gasteiger partial charge in [0.1, 0.15) is 5.75 Å². The van der Waals surface area contributed by atoms with Crippen LogP contribution < -0.4 is 10.1 Å². The number of ether oxygens (including phenoxy) is 1. The average molecular weight is 524 g/mol. The third-order valence-corrected chi connectivity index (χ3v) is 7.22.